The molecule has 0 bridgehead atoms. The maximum atomic E-state index is 12.6. The van der Waals surface area contributed by atoms with E-state index in [4.69, 9.17) is 9.47 Å². The van der Waals surface area contributed by atoms with Crippen LogP contribution in [0.1, 0.15) is 28.3 Å². The second kappa shape index (κ2) is 9.09. The summed E-state index contributed by atoms with van der Waals surface area (Å²) in [6.07, 6.45) is 0. The Morgan fingerprint density at radius 2 is 1.46 bits per heavy atom. The second-order valence-corrected chi connectivity index (χ2v) is 6.80. The zero-order valence-corrected chi connectivity index (χ0v) is 16.4. The molecule has 0 aliphatic carbocycles. The number of amides is 1. The summed E-state index contributed by atoms with van der Waals surface area (Å²) in [7, 11) is 1.63. The Labute approximate surface area is 166 Å². The second-order valence-electron chi connectivity index (χ2n) is 6.80. The minimum Gasteiger partial charge on any atom is -0.497 e. The molecule has 28 heavy (non-hydrogen) atoms. The van der Waals surface area contributed by atoms with Crippen molar-refractivity contribution in [2.45, 2.75) is 19.9 Å². The lowest BCUT2D eigenvalue weighted by atomic mass is 9.98. The number of hydrogen-bond acceptors (Lipinski definition) is 3. The van der Waals surface area contributed by atoms with Gasteiger partial charge in [0.2, 0.25) is 0 Å². The van der Waals surface area contributed by atoms with Crippen molar-refractivity contribution < 1.29 is 14.3 Å². The van der Waals surface area contributed by atoms with Crippen LogP contribution in [-0.2, 0) is 4.79 Å². The molecule has 3 aromatic carbocycles. The molecule has 0 fully saturated rings. The molecule has 1 amide bonds. The summed E-state index contributed by atoms with van der Waals surface area (Å²) in [4.78, 5) is 12.6. The lowest BCUT2D eigenvalue weighted by Crippen LogP contribution is -2.33. The van der Waals surface area contributed by atoms with E-state index in [-0.39, 0.29) is 18.6 Å². The molecule has 0 saturated carbocycles. The molecule has 3 aromatic rings. The van der Waals surface area contributed by atoms with Crippen molar-refractivity contribution in [3.63, 3.8) is 0 Å². The van der Waals surface area contributed by atoms with E-state index in [1.807, 2.05) is 80.6 Å². The molecule has 0 aliphatic heterocycles. The smallest absolute Gasteiger partial charge is 0.258 e. The van der Waals surface area contributed by atoms with Gasteiger partial charge in [-0.2, -0.15) is 0 Å². The lowest BCUT2D eigenvalue weighted by Gasteiger charge is -2.20. The molecule has 4 heteroatoms. The van der Waals surface area contributed by atoms with Gasteiger partial charge in [0.05, 0.1) is 13.2 Å². The van der Waals surface area contributed by atoms with Crippen molar-refractivity contribution in [3.05, 3.63) is 95.1 Å². The van der Waals surface area contributed by atoms with Crippen LogP contribution >= 0.6 is 0 Å². The van der Waals surface area contributed by atoms with Crippen LogP contribution < -0.4 is 14.8 Å². The monoisotopic (exact) mass is 375 g/mol. The topological polar surface area (TPSA) is 47.6 Å². The van der Waals surface area contributed by atoms with Gasteiger partial charge in [-0.15, -0.1) is 0 Å². The van der Waals surface area contributed by atoms with Gasteiger partial charge in [0, 0.05) is 0 Å². The first-order valence-electron chi connectivity index (χ1n) is 9.24. The maximum absolute atomic E-state index is 12.6. The Hall–Kier alpha value is -3.27. The molecule has 0 unspecified atom stereocenters. The number of carbonyl (C=O) groups is 1. The number of rotatable bonds is 7. The van der Waals surface area contributed by atoms with Crippen LogP contribution in [0.2, 0.25) is 0 Å². The van der Waals surface area contributed by atoms with Gasteiger partial charge in [0.25, 0.3) is 5.91 Å². The highest BCUT2D eigenvalue weighted by Gasteiger charge is 2.17. The SMILES string of the molecule is COc1ccc([C@H](NC(=O)COc2cc(C)cc(C)c2)c2ccccc2)cc1. The number of aryl methyl sites for hydroxylation is 2. The first kappa shape index (κ1) is 19.5. The first-order valence-corrected chi connectivity index (χ1v) is 9.24. The zero-order chi connectivity index (χ0) is 19.9. The lowest BCUT2D eigenvalue weighted by molar-refractivity contribution is -0.123. The van der Waals surface area contributed by atoms with Gasteiger partial charge in [0.1, 0.15) is 11.5 Å². The van der Waals surface area contributed by atoms with E-state index >= 15 is 0 Å². The summed E-state index contributed by atoms with van der Waals surface area (Å²) in [5, 5.41) is 3.08. The average molecular weight is 375 g/mol. The van der Waals surface area contributed by atoms with Crippen LogP contribution in [0, 0.1) is 13.8 Å². The van der Waals surface area contributed by atoms with Gasteiger partial charge >= 0.3 is 0 Å². The number of benzene rings is 3. The summed E-state index contributed by atoms with van der Waals surface area (Å²) < 4.78 is 10.9. The van der Waals surface area contributed by atoms with Crippen molar-refractivity contribution in [2.24, 2.45) is 0 Å². The van der Waals surface area contributed by atoms with Gasteiger partial charge in [0.15, 0.2) is 6.61 Å². The summed E-state index contributed by atoms with van der Waals surface area (Å²) >= 11 is 0. The van der Waals surface area contributed by atoms with Crippen LogP contribution in [0.15, 0.2) is 72.8 Å². The standard InChI is InChI=1S/C24H25NO3/c1-17-13-18(2)15-22(14-17)28-16-23(26)25-24(19-7-5-4-6-8-19)20-9-11-21(27-3)12-10-20/h4-15,24H,16H2,1-3H3,(H,25,26)/t24-/m1/s1. The van der Waals surface area contributed by atoms with Crippen LogP contribution in [0.25, 0.3) is 0 Å². The summed E-state index contributed by atoms with van der Waals surface area (Å²) in [6, 6.07) is 23.3. The Balaban J connectivity index is 1.74. The summed E-state index contributed by atoms with van der Waals surface area (Å²) in [5.41, 5.74) is 4.20. The van der Waals surface area contributed by atoms with Crippen LogP contribution in [0.3, 0.4) is 0 Å². The average Bonchev–Trinajstić information content (AvgIpc) is 2.70. The van der Waals surface area contributed by atoms with E-state index in [0.717, 1.165) is 28.0 Å². The highest BCUT2D eigenvalue weighted by molar-refractivity contribution is 5.78. The third-order valence-electron chi connectivity index (χ3n) is 4.45. The zero-order valence-electron chi connectivity index (χ0n) is 16.4. The number of ether oxygens (including phenoxy) is 2. The largest absolute Gasteiger partial charge is 0.497 e. The third-order valence-corrected chi connectivity index (χ3v) is 4.45. The van der Waals surface area contributed by atoms with E-state index in [1.54, 1.807) is 7.11 Å². The molecule has 0 radical (unpaired) electrons. The molecule has 1 N–H and O–H groups in total. The Kier molecular flexibility index (Phi) is 6.33. The maximum Gasteiger partial charge on any atom is 0.258 e. The molecule has 3 rings (SSSR count). The van der Waals surface area contributed by atoms with Crippen LogP contribution in [0.5, 0.6) is 11.5 Å². The normalized spacial score (nSPS) is 11.5. The third kappa shape index (κ3) is 5.13. The molecule has 0 saturated heterocycles. The predicted molar refractivity (Wildman–Crippen MR) is 111 cm³/mol. The van der Waals surface area contributed by atoms with Gasteiger partial charge in [-0.3, -0.25) is 4.79 Å². The molecule has 0 spiro atoms. The molecule has 0 aliphatic rings. The van der Waals surface area contributed by atoms with Gasteiger partial charge in [-0.25, -0.2) is 0 Å². The molecule has 0 heterocycles. The fraction of sp³-hybridized carbons (Fsp3) is 0.208. The molecule has 0 aromatic heterocycles. The quantitative estimate of drug-likeness (QED) is 0.657. The van der Waals surface area contributed by atoms with Crippen molar-refractivity contribution in [2.75, 3.05) is 13.7 Å². The van der Waals surface area contributed by atoms with E-state index in [2.05, 4.69) is 11.4 Å². The first-order chi connectivity index (χ1) is 13.5. The molecular weight excluding hydrogens is 350 g/mol. The van der Waals surface area contributed by atoms with Crippen molar-refractivity contribution in [1.29, 1.82) is 0 Å². The summed E-state index contributed by atoms with van der Waals surface area (Å²) in [6.45, 7) is 3.98. The molecule has 4 nitrogen and oxygen atoms in total. The van der Waals surface area contributed by atoms with Gasteiger partial charge < -0.3 is 14.8 Å². The van der Waals surface area contributed by atoms with E-state index in [0.29, 0.717) is 5.75 Å². The molecular formula is C24H25NO3. The Morgan fingerprint density at radius 3 is 2.07 bits per heavy atom. The van der Waals surface area contributed by atoms with Crippen molar-refractivity contribution in [1.82, 2.24) is 5.32 Å². The molecule has 144 valence electrons. The van der Waals surface area contributed by atoms with Crippen molar-refractivity contribution in [3.8, 4) is 11.5 Å². The number of hydrogen-bond donors (Lipinski definition) is 1. The van der Waals surface area contributed by atoms with Gasteiger partial charge in [-0.05, 0) is 60.4 Å². The Morgan fingerprint density at radius 1 is 0.857 bits per heavy atom. The number of methoxy groups -OCH3 is 1. The fourth-order valence-electron chi connectivity index (χ4n) is 3.17. The van der Waals surface area contributed by atoms with E-state index < -0.39 is 0 Å². The minimum absolute atomic E-state index is 0.0393. The highest BCUT2D eigenvalue weighted by atomic mass is 16.5. The van der Waals surface area contributed by atoms with E-state index in [1.165, 1.54) is 0 Å². The van der Waals surface area contributed by atoms with Crippen LogP contribution in [0.4, 0.5) is 0 Å². The van der Waals surface area contributed by atoms with Crippen molar-refractivity contribution >= 4 is 5.91 Å². The molecule has 1 atom stereocenters. The summed E-state index contributed by atoms with van der Waals surface area (Å²) in [5.74, 6) is 1.30. The number of carbonyl (C=O) groups excluding carboxylic acids is 1. The van der Waals surface area contributed by atoms with Gasteiger partial charge in [-0.1, -0.05) is 48.5 Å². The van der Waals surface area contributed by atoms with Crippen LogP contribution in [-0.4, -0.2) is 19.6 Å². The fourth-order valence-corrected chi connectivity index (χ4v) is 3.17. The predicted octanol–water partition coefficient (Wildman–Crippen LogP) is 4.60. The highest BCUT2D eigenvalue weighted by Crippen LogP contribution is 2.24. The van der Waals surface area contributed by atoms with E-state index in [9.17, 15) is 4.79 Å². The minimum atomic E-state index is -0.262. The number of nitrogens with one attached hydrogen (secondary N) is 1. The Bertz CT molecular complexity index is 900.